The third-order valence-electron chi connectivity index (χ3n) is 4.02. The van der Waals surface area contributed by atoms with Gasteiger partial charge in [0.05, 0.1) is 16.8 Å². The largest absolute Gasteiger partial charge is 0.364 e. The molecule has 0 saturated carbocycles. The van der Waals surface area contributed by atoms with Crippen molar-refractivity contribution >= 4 is 50.3 Å². The molecule has 0 aliphatic carbocycles. The molecule has 0 unspecified atom stereocenters. The summed E-state index contributed by atoms with van der Waals surface area (Å²) in [6.45, 7) is 1.30. The molecule has 3 aromatic heterocycles. The Kier molecular flexibility index (Phi) is 5.17. The minimum absolute atomic E-state index is 0.250. The molecule has 7 heteroatoms. The normalized spacial score (nSPS) is 11.2. The zero-order valence-corrected chi connectivity index (χ0v) is 16.3. The van der Waals surface area contributed by atoms with Gasteiger partial charge in [-0.2, -0.15) is 4.98 Å². The zero-order chi connectivity index (χ0) is 17.9. The summed E-state index contributed by atoms with van der Waals surface area (Å²) in [7, 11) is 0. The van der Waals surface area contributed by atoms with Crippen LogP contribution in [0.2, 0.25) is 5.28 Å². The lowest BCUT2D eigenvalue weighted by atomic mass is 10.0. The fourth-order valence-electron chi connectivity index (χ4n) is 2.91. The maximum absolute atomic E-state index is 6.25. The SMILES string of the molecule is NCCc1sc2c(NCc3cccs3)nc(Cl)nc2c1-c1ccccc1. The molecule has 132 valence electrons. The average molecular weight is 401 g/mol. The van der Waals surface area contributed by atoms with Crippen LogP contribution in [0.15, 0.2) is 47.8 Å². The molecule has 4 aromatic rings. The minimum atomic E-state index is 0.250. The molecule has 0 spiro atoms. The zero-order valence-electron chi connectivity index (χ0n) is 13.9. The Morgan fingerprint density at radius 3 is 2.65 bits per heavy atom. The van der Waals surface area contributed by atoms with Crippen LogP contribution in [0.25, 0.3) is 21.3 Å². The number of nitrogens with two attached hydrogens (primary N) is 1. The fourth-order valence-corrected chi connectivity index (χ4v) is 4.96. The molecular formula is C19H17ClN4S2. The van der Waals surface area contributed by atoms with Crippen molar-refractivity contribution < 1.29 is 0 Å². The number of hydrogen-bond acceptors (Lipinski definition) is 6. The van der Waals surface area contributed by atoms with Gasteiger partial charge in [-0.3, -0.25) is 0 Å². The van der Waals surface area contributed by atoms with Gasteiger partial charge in [0.15, 0.2) is 0 Å². The van der Waals surface area contributed by atoms with Crippen molar-refractivity contribution in [2.24, 2.45) is 5.73 Å². The van der Waals surface area contributed by atoms with Crippen LogP contribution in [0.1, 0.15) is 9.75 Å². The van der Waals surface area contributed by atoms with Crippen molar-refractivity contribution in [2.45, 2.75) is 13.0 Å². The first-order chi connectivity index (χ1) is 12.8. The van der Waals surface area contributed by atoms with Crippen molar-refractivity contribution in [3.8, 4) is 11.1 Å². The second-order valence-corrected chi connectivity index (χ2v) is 8.23. The molecule has 0 radical (unpaired) electrons. The summed E-state index contributed by atoms with van der Waals surface area (Å²) in [5.74, 6) is 0.777. The third kappa shape index (κ3) is 3.46. The topological polar surface area (TPSA) is 63.8 Å². The number of thiophene rings is 2. The molecule has 0 bridgehead atoms. The Morgan fingerprint density at radius 2 is 1.92 bits per heavy atom. The molecule has 4 rings (SSSR count). The van der Waals surface area contributed by atoms with Gasteiger partial charge in [-0.15, -0.1) is 22.7 Å². The molecule has 1 aromatic carbocycles. The number of nitrogens with one attached hydrogen (secondary N) is 1. The van der Waals surface area contributed by atoms with Crippen LogP contribution in [0.4, 0.5) is 5.82 Å². The first-order valence-corrected chi connectivity index (χ1v) is 10.3. The van der Waals surface area contributed by atoms with Gasteiger partial charge in [0, 0.05) is 15.3 Å². The van der Waals surface area contributed by atoms with E-state index in [0.717, 1.165) is 33.6 Å². The van der Waals surface area contributed by atoms with Crippen molar-refractivity contribution in [3.05, 3.63) is 62.9 Å². The molecule has 0 atom stereocenters. The van der Waals surface area contributed by atoms with Crippen LogP contribution in [0.5, 0.6) is 0 Å². The van der Waals surface area contributed by atoms with Crippen LogP contribution in [-0.2, 0) is 13.0 Å². The Labute approximate surface area is 164 Å². The summed E-state index contributed by atoms with van der Waals surface area (Å²) in [5.41, 5.74) is 8.97. The highest BCUT2D eigenvalue weighted by Gasteiger charge is 2.19. The Balaban J connectivity index is 1.84. The van der Waals surface area contributed by atoms with Gasteiger partial charge in [0.25, 0.3) is 0 Å². The van der Waals surface area contributed by atoms with Gasteiger partial charge in [-0.05, 0) is 41.6 Å². The van der Waals surface area contributed by atoms with Gasteiger partial charge < -0.3 is 11.1 Å². The van der Waals surface area contributed by atoms with E-state index in [-0.39, 0.29) is 5.28 Å². The minimum Gasteiger partial charge on any atom is -0.364 e. The first kappa shape index (κ1) is 17.4. The van der Waals surface area contributed by atoms with Gasteiger partial charge >= 0.3 is 0 Å². The predicted molar refractivity (Wildman–Crippen MR) is 112 cm³/mol. The van der Waals surface area contributed by atoms with Crippen LogP contribution < -0.4 is 11.1 Å². The summed E-state index contributed by atoms with van der Waals surface area (Å²) in [6.07, 6.45) is 0.799. The number of hydrogen-bond donors (Lipinski definition) is 2. The Hall–Kier alpha value is -1.99. The van der Waals surface area contributed by atoms with E-state index in [1.54, 1.807) is 22.7 Å². The summed E-state index contributed by atoms with van der Waals surface area (Å²) in [4.78, 5) is 11.4. The molecule has 3 heterocycles. The second-order valence-electron chi connectivity index (χ2n) is 5.76. The van der Waals surface area contributed by atoms with Crippen molar-refractivity contribution in [3.63, 3.8) is 0 Å². The highest BCUT2D eigenvalue weighted by molar-refractivity contribution is 7.20. The van der Waals surface area contributed by atoms with Crippen LogP contribution in [0, 0.1) is 0 Å². The predicted octanol–water partition coefficient (Wildman–Crippen LogP) is 5.19. The van der Waals surface area contributed by atoms with E-state index in [1.165, 1.54) is 9.75 Å². The molecular weight excluding hydrogens is 384 g/mol. The van der Waals surface area contributed by atoms with Crippen molar-refractivity contribution in [1.82, 2.24) is 9.97 Å². The number of anilines is 1. The molecule has 0 aliphatic heterocycles. The molecule has 26 heavy (non-hydrogen) atoms. The summed E-state index contributed by atoms with van der Waals surface area (Å²) < 4.78 is 1.02. The number of halogens is 1. The van der Waals surface area contributed by atoms with Crippen LogP contribution in [0.3, 0.4) is 0 Å². The third-order valence-corrected chi connectivity index (χ3v) is 6.31. The molecule has 0 aliphatic rings. The first-order valence-electron chi connectivity index (χ1n) is 8.27. The summed E-state index contributed by atoms with van der Waals surface area (Å²) in [6, 6.07) is 14.4. The number of nitrogens with zero attached hydrogens (tertiary/aromatic N) is 2. The van der Waals surface area contributed by atoms with E-state index in [1.807, 2.05) is 24.3 Å². The van der Waals surface area contributed by atoms with Crippen LogP contribution >= 0.6 is 34.3 Å². The van der Waals surface area contributed by atoms with E-state index in [4.69, 9.17) is 17.3 Å². The van der Waals surface area contributed by atoms with E-state index in [9.17, 15) is 0 Å². The summed E-state index contributed by atoms with van der Waals surface area (Å²) in [5, 5.41) is 5.74. The molecule has 0 fully saturated rings. The van der Waals surface area contributed by atoms with Crippen molar-refractivity contribution in [2.75, 3.05) is 11.9 Å². The lowest BCUT2D eigenvalue weighted by Crippen LogP contribution is -2.02. The quantitative estimate of drug-likeness (QED) is 0.437. The maximum atomic E-state index is 6.25. The van der Waals surface area contributed by atoms with E-state index in [0.29, 0.717) is 13.1 Å². The Bertz CT molecular complexity index is 1010. The average Bonchev–Trinajstić information content (AvgIpc) is 3.28. The lowest BCUT2D eigenvalue weighted by molar-refractivity contribution is 0.990. The van der Waals surface area contributed by atoms with E-state index in [2.05, 4.69) is 38.9 Å². The lowest BCUT2D eigenvalue weighted by Gasteiger charge is -2.06. The van der Waals surface area contributed by atoms with E-state index >= 15 is 0 Å². The second kappa shape index (κ2) is 7.72. The molecule has 3 N–H and O–H groups in total. The molecule has 0 amide bonds. The standard InChI is InChI=1S/C19H17ClN4S2/c20-19-23-16-15(12-5-2-1-3-6-12)14(8-9-21)26-17(16)18(24-19)22-11-13-7-4-10-25-13/h1-7,10H,8-9,11,21H2,(H,22,23,24). The summed E-state index contributed by atoms with van der Waals surface area (Å²) >= 11 is 9.66. The van der Waals surface area contributed by atoms with E-state index < -0.39 is 0 Å². The van der Waals surface area contributed by atoms with Gasteiger partial charge in [0.1, 0.15) is 5.82 Å². The fraction of sp³-hybridized carbons (Fsp3) is 0.158. The van der Waals surface area contributed by atoms with Gasteiger partial charge in [-0.25, -0.2) is 4.98 Å². The van der Waals surface area contributed by atoms with Crippen molar-refractivity contribution in [1.29, 1.82) is 0 Å². The number of aromatic nitrogens is 2. The highest BCUT2D eigenvalue weighted by Crippen LogP contribution is 2.41. The highest BCUT2D eigenvalue weighted by atomic mass is 35.5. The number of rotatable bonds is 6. The van der Waals surface area contributed by atoms with Crippen LogP contribution in [-0.4, -0.2) is 16.5 Å². The molecule has 0 saturated heterocycles. The Morgan fingerprint density at radius 1 is 1.08 bits per heavy atom. The monoisotopic (exact) mass is 400 g/mol. The number of fused-ring (bicyclic) bond motifs is 1. The smallest absolute Gasteiger partial charge is 0.224 e. The van der Waals surface area contributed by atoms with Gasteiger partial charge in [0.2, 0.25) is 5.28 Å². The maximum Gasteiger partial charge on any atom is 0.224 e. The number of benzene rings is 1. The molecule has 4 nitrogen and oxygen atoms in total. The van der Waals surface area contributed by atoms with Gasteiger partial charge in [-0.1, -0.05) is 36.4 Å².